The molecular weight excluding hydrogens is 204 g/mol. The normalized spacial score (nSPS) is 19.7. The average Bonchev–Trinajstić information content (AvgIpc) is 2.28. The Bertz CT molecular complexity index is 598. The van der Waals surface area contributed by atoms with Crippen molar-refractivity contribution < 1.29 is 9.52 Å². The fraction of sp³-hybridized carbons (Fsp3) is 0.308. The largest absolute Gasteiger partial charge is 0.422 e. The van der Waals surface area contributed by atoms with Gasteiger partial charge in [0.2, 0.25) is 0 Å². The van der Waals surface area contributed by atoms with E-state index in [0.717, 1.165) is 35.8 Å². The van der Waals surface area contributed by atoms with Crippen molar-refractivity contribution in [3.63, 3.8) is 0 Å². The summed E-state index contributed by atoms with van der Waals surface area (Å²) >= 11 is 0. The van der Waals surface area contributed by atoms with Crippen molar-refractivity contribution in [3.8, 4) is 0 Å². The number of benzene rings is 1. The second kappa shape index (κ2) is 3.46. The highest BCUT2D eigenvalue weighted by atomic mass is 16.4. The molecule has 0 spiro atoms. The fourth-order valence-electron chi connectivity index (χ4n) is 2.41. The smallest absolute Gasteiger partial charge is 0.336 e. The molecule has 0 radical (unpaired) electrons. The molecule has 0 fully saturated rings. The highest BCUT2D eigenvalue weighted by Gasteiger charge is 2.21. The zero-order chi connectivity index (χ0) is 11.1. The maximum atomic E-state index is 11.2. The van der Waals surface area contributed by atoms with E-state index in [4.69, 9.17) is 4.42 Å². The summed E-state index contributed by atoms with van der Waals surface area (Å²) in [4.78, 5) is 11.2. The lowest BCUT2D eigenvalue weighted by atomic mass is 9.88. The molecule has 0 amide bonds. The van der Waals surface area contributed by atoms with Crippen molar-refractivity contribution in [2.45, 2.75) is 25.4 Å². The lowest BCUT2D eigenvalue weighted by Gasteiger charge is -2.21. The molecule has 1 unspecified atom stereocenters. The van der Waals surface area contributed by atoms with E-state index in [2.05, 4.69) is 0 Å². The lowest BCUT2D eigenvalue weighted by Crippen LogP contribution is -2.10. The van der Waals surface area contributed by atoms with Crippen molar-refractivity contribution >= 4 is 11.0 Å². The number of aliphatic hydroxyl groups excluding tert-OH is 1. The predicted molar refractivity (Wildman–Crippen MR) is 60.4 cm³/mol. The third kappa shape index (κ3) is 1.36. The Morgan fingerprint density at radius 3 is 2.94 bits per heavy atom. The van der Waals surface area contributed by atoms with Gasteiger partial charge in [-0.2, -0.15) is 0 Å². The quantitative estimate of drug-likeness (QED) is 0.686. The van der Waals surface area contributed by atoms with Crippen LogP contribution < -0.4 is 5.63 Å². The zero-order valence-electron chi connectivity index (χ0n) is 8.77. The van der Waals surface area contributed by atoms with E-state index in [1.54, 1.807) is 6.07 Å². The van der Waals surface area contributed by atoms with Gasteiger partial charge in [-0.15, -0.1) is 0 Å². The number of hydrogen-bond donors (Lipinski definition) is 1. The van der Waals surface area contributed by atoms with Gasteiger partial charge < -0.3 is 9.52 Å². The zero-order valence-corrected chi connectivity index (χ0v) is 8.77. The Labute approximate surface area is 92.3 Å². The van der Waals surface area contributed by atoms with Gasteiger partial charge >= 0.3 is 5.63 Å². The summed E-state index contributed by atoms with van der Waals surface area (Å²) in [6.07, 6.45) is 2.17. The second-order valence-electron chi connectivity index (χ2n) is 4.22. The van der Waals surface area contributed by atoms with Gasteiger partial charge in [0.05, 0.1) is 6.10 Å². The summed E-state index contributed by atoms with van der Waals surface area (Å²) in [5.74, 6) is 0. The minimum absolute atomic E-state index is 0.362. The molecule has 0 bridgehead atoms. The Kier molecular flexibility index (Phi) is 2.07. The molecule has 82 valence electrons. The van der Waals surface area contributed by atoms with Gasteiger partial charge in [0.1, 0.15) is 5.58 Å². The van der Waals surface area contributed by atoms with Crippen molar-refractivity contribution in [2.24, 2.45) is 0 Å². The predicted octanol–water partition coefficient (Wildman–Crippen LogP) is 2.16. The van der Waals surface area contributed by atoms with E-state index in [0.29, 0.717) is 5.58 Å². The van der Waals surface area contributed by atoms with Gasteiger partial charge in [0.15, 0.2) is 0 Å². The maximum Gasteiger partial charge on any atom is 0.336 e. The first kappa shape index (κ1) is 9.60. The topological polar surface area (TPSA) is 50.4 Å². The molecular formula is C13H12O3. The van der Waals surface area contributed by atoms with E-state index < -0.39 is 6.10 Å². The number of hydrogen-bond acceptors (Lipinski definition) is 3. The second-order valence-corrected chi connectivity index (χ2v) is 4.22. The van der Waals surface area contributed by atoms with Crippen LogP contribution in [0.25, 0.3) is 11.0 Å². The van der Waals surface area contributed by atoms with Crippen LogP contribution in [0.4, 0.5) is 0 Å². The number of rotatable bonds is 0. The number of aryl methyl sites for hydroxylation is 1. The Balaban J connectivity index is 2.40. The van der Waals surface area contributed by atoms with Crippen LogP contribution in [0.1, 0.15) is 30.1 Å². The monoisotopic (exact) mass is 216 g/mol. The molecule has 1 aromatic carbocycles. The molecule has 1 heterocycles. The van der Waals surface area contributed by atoms with Crippen molar-refractivity contribution in [3.05, 3.63) is 45.8 Å². The summed E-state index contributed by atoms with van der Waals surface area (Å²) < 4.78 is 5.21. The van der Waals surface area contributed by atoms with Crippen LogP contribution in [0.5, 0.6) is 0 Å². The highest BCUT2D eigenvalue weighted by molar-refractivity contribution is 5.81. The highest BCUT2D eigenvalue weighted by Crippen LogP contribution is 2.34. The van der Waals surface area contributed by atoms with Crippen LogP contribution in [0, 0.1) is 0 Å². The molecule has 3 rings (SSSR count). The molecule has 1 N–H and O–H groups in total. The first-order chi connectivity index (χ1) is 7.75. The molecule has 1 aliphatic rings. The van der Waals surface area contributed by atoms with Crippen molar-refractivity contribution in [2.75, 3.05) is 0 Å². The maximum absolute atomic E-state index is 11.2. The summed E-state index contributed by atoms with van der Waals surface area (Å²) in [5.41, 5.74) is 2.10. The molecule has 1 atom stereocenters. The van der Waals surface area contributed by atoms with Gasteiger partial charge in [-0.25, -0.2) is 4.79 Å². The van der Waals surface area contributed by atoms with E-state index in [1.807, 2.05) is 12.1 Å². The lowest BCUT2D eigenvalue weighted by molar-refractivity contribution is 0.157. The molecule has 0 saturated heterocycles. The first-order valence-corrected chi connectivity index (χ1v) is 5.49. The van der Waals surface area contributed by atoms with Crippen LogP contribution in [0.3, 0.4) is 0 Å². The summed E-state index contributed by atoms with van der Waals surface area (Å²) in [6, 6.07) is 7.10. The Morgan fingerprint density at radius 2 is 2.06 bits per heavy atom. The standard InChI is InChI=1S/C13H12O3/c14-10-3-1-2-8-4-5-9-6-7-11(15)16-13(9)12(8)10/h4-7,10,14H,1-3H2. The van der Waals surface area contributed by atoms with Gasteiger partial charge in [-0.1, -0.05) is 12.1 Å². The molecule has 3 nitrogen and oxygen atoms in total. The summed E-state index contributed by atoms with van der Waals surface area (Å²) in [6.45, 7) is 0. The van der Waals surface area contributed by atoms with Crippen LogP contribution >= 0.6 is 0 Å². The molecule has 0 saturated carbocycles. The van der Waals surface area contributed by atoms with E-state index in [-0.39, 0.29) is 5.63 Å². The Hall–Kier alpha value is -1.61. The summed E-state index contributed by atoms with van der Waals surface area (Å²) in [7, 11) is 0. The molecule has 1 aromatic heterocycles. The van der Waals surface area contributed by atoms with Crippen molar-refractivity contribution in [1.29, 1.82) is 0 Å². The third-order valence-electron chi connectivity index (χ3n) is 3.18. The van der Waals surface area contributed by atoms with Gasteiger partial charge in [0, 0.05) is 17.0 Å². The first-order valence-electron chi connectivity index (χ1n) is 5.49. The van der Waals surface area contributed by atoms with E-state index in [9.17, 15) is 9.90 Å². The fourth-order valence-corrected chi connectivity index (χ4v) is 2.41. The number of aliphatic hydroxyl groups is 1. The van der Waals surface area contributed by atoms with E-state index in [1.165, 1.54) is 6.07 Å². The third-order valence-corrected chi connectivity index (χ3v) is 3.18. The van der Waals surface area contributed by atoms with Gasteiger partial charge in [-0.3, -0.25) is 0 Å². The minimum Gasteiger partial charge on any atom is -0.422 e. The van der Waals surface area contributed by atoms with Crippen LogP contribution in [0.15, 0.2) is 33.5 Å². The molecule has 2 aromatic rings. The van der Waals surface area contributed by atoms with Crippen LogP contribution in [-0.4, -0.2) is 5.11 Å². The average molecular weight is 216 g/mol. The number of fused-ring (bicyclic) bond motifs is 3. The SMILES string of the molecule is O=c1ccc2ccc3c(c2o1)C(O)CCC3. The summed E-state index contributed by atoms with van der Waals surface area (Å²) in [5, 5.41) is 10.9. The van der Waals surface area contributed by atoms with E-state index >= 15 is 0 Å². The molecule has 3 heteroatoms. The molecule has 0 aliphatic heterocycles. The van der Waals surface area contributed by atoms with Crippen LogP contribution in [0.2, 0.25) is 0 Å². The molecule has 16 heavy (non-hydrogen) atoms. The van der Waals surface area contributed by atoms with Gasteiger partial charge in [0.25, 0.3) is 0 Å². The van der Waals surface area contributed by atoms with Crippen LogP contribution in [-0.2, 0) is 6.42 Å². The van der Waals surface area contributed by atoms with Gasteiger partial charge in [-0.05, 0) is 30.9 Å². The Morgan fingerprint density at radius 1 is 1.25 bits per heavy atom. The molecule has 1 aliphatic carbocycles. The van der Waals surface area contributed by atoms with Crippen molar-refractivity contribution in [1.82, 2.24) is 0 Å². The minimum atomic E-state index is -0.502.